The Morgan fingerprint density at radius 2 is 1.89 bits per heavy atom. The minimum absolute atomic E-state index is 0.0855. The number of sulfonamides is 1. The molecule has 28 heavy (non-hydrogen) atoms. The normalized spacial score (nSPS) is 11.5. The Balaban J connectivity index is 1.90. The molecule has 1 amide bonds. The molecular weight excluding hydrogens is 378 g/mol. The molecule has 0 spiro atoms. The summed E-state index contributed by atoms with van der Waals surface area (Å²) in [7, 11) is -3.65. The first kappa shape index (κ1) is 19.7. The second-order valence-electron chi connectivity index (χ2n) is 5.90. The zero-order chi connectivity index (χ0) is 20.1. The van der Waals surface area contributed by atoms with Crippen LogP contribution in [0.2, 0.25) is 0 Å². The molecule has 0 fully saturated rings. The maximum atomic E-state index is 12.7. The number of anilines is 1. The first-order valence-electron chi connectivity index (χ1n) is 8.84. The quantitative estimate of drug-likeness (QED) is 0.658. The van der Waals surface area contributed by atoms with Crippen molar-refractivity contribution >= 4 is 21.6 Å². The van der Waals surface area contributed by atoms with E-state index < -0.39 is 15.9 Å². The van der Waals surface area contributed by atoms with E-state index in [0.29, 0.717) is 24.6 Å². The van der Waals surface area contributed by atoms with Crippen LogP contribution in [0.25, 0.3) is 5.82 Å². The van der Waals surface area contributed by atoms with Crippen molar-refractivity contribution in [3.63, 3.8) is 0 Å². The Morgan fingerprint density at radius 3 is 2.57 bits per heavy atom. The van der Waals surface area contributed by atoms with E-state index in [0.717, 1.165) is 0 Å². The van der Waals surface area contributed by atoms with Gasteiger partial charge in [0.05, 0.1) is 10.6 Å². The standard InChI is InChI=1S/C19H21N5O3S/c1-3-23(4-2)28(26,27)16-9-5-8-15(14-16)19(25)22-17-10-6-11-20-18(17)24-13-7-12-21-24/h5-14H,3-4H2,1-2H3,(H,22,25). The van der Waals surface area contributed by atoms with Crippen LogP contribution in [-0.4, -0.2) is 46.5 Å². The molecule has 3 aromatic rings. The lowest BCUT2D eigenvalue weighted by Gasteiger charge is -2.18. The summed E-state index contributed by atoms with van der Waals surface area (Å²) in [6.07, 6.45) is 4.93. The number of amides is 1. The SMILES string of the molecule is CCN(CC)S(=O)(=O)c1cccc(C(=O)Nc2cccnc2-n2cccn2)c1. The van der Waals surface area contributed by atoms with E-state index in [9.17, 15) is 13.2 Å². The summed E-state index contributed by atoms with van der Waals surface area (Å²) in [4.78, 5) is 17.1. The highest BCUT2D eigenvalue weighted by atomic mass is 32.2. The van der Waals surface area contributed by atoms with Gasteiger partial charge in [-0.3, -0.25) is 4.79 Å². The molecular formula is C19H21N5O3S. The van der Waals surface area contributed by atoms with Crippen LogP contribution >= 0.6 is 0 Å². The first-order chi connectivity index (χ1) is 13.5. The van der Waals surface area contributed by atoms with Gasteiger partial charge in [-0.2, -0.15) is 9.40 Å². The van der Waals surface area contributed by atoms with E-state index in [4.69, 9.17) is 0 Å². The van der Waals surface area contributed by atoms with Crippen LogP contribution in [0.5, 0.6) is 0 Å². The van der Waals surface area contributed by atoms with Crippen LogP contribution < -0.4 is 5.32 Å². The minimum atomic E-state index is -3.65. The number of nitrogens with one attached hydrogen (secondary N) is 1. The van der Waals surface area contributed by atoms with Gasteiger partial charge in [0, 0.05) is 37.2 Å². The van der Waals surface area contributed by atoms with Crippen molar-refractivity contribution in [1.82, 2.24) is 19.1 Å². The Hall–Kier alpha value is -3.04. The molecule has 1 aromatic carbocycles. The third-order valence-corrected chi connectivity index (χ3v) is 6.24. The van der Waals surface area contributed by atoms with Gasteiger partial charge in [-0.25, -0.2) is 18.1 Å². The van der Waals surface area contributed by atoms with Crippen molar-refractivity contribution in [3.8, 4) is 5.82 Å². The number of carbonyl (C=O) groups is 1. The molecule has 2 heterocycles. The Labute approximate surface area is 163 Å². The van der Waals surface area contributed by atoms with Gasteiger partial charge in [-0.15, -0.1) is 0 Å². The van der Waals surface area contributed by atoms with Crippen molar-refractivity contribution in [1.29, 1.82) is 0 Å². The van der Waals surface area contributed by atoms with Crippen LogP contribution in [0.3, 0.4) is 0 Å². The van der Waals surface area contributed by atoms with Gasteiger partial charge < -0.3 is 5.32 Å². The van der Waals surface area contributed by atoms with Crippen LogP contribution in [0.1, 0.15) is 24.2 Å². The van der Waals surface area contributed by atoms with Crippen molar-refractivity contribution in [3.05, 3.63) is 66.6 Å². The summed E-state index contributed by atoms with van der Waals surface area (Å²) in [5.41, 5.74) is 0.705. The highest BCUT2D eigenvalue weighted by Gasteiger charge is 2.22. The van der Waals surface area contributed by atoms with Crippen LogP contribution in [0, 0.1) is 0 Å². The maximum Gasteiger partial charge on any atom is 0.255 e. The average molecular weight is 399 g/mol. The Kier molecular flexibility index (Phi) is 5.86. The fraction of sp³-hybridized carbons (Fsp3) is 0.211. The van der Waals surface area contributed by atoms with Crippen molar-refractivity contribution in [2.75, 3.05) is 18.4 Å². The van der Waals surface area contributed by atoms with Crippen LogP contribution in [0.4, 0.5) is 5.69 Å². The van der Waals surface area contributed by atoms with Crippen molar-refractivity contribution in [2.24, 2.45) is 0 Å². The number of rotatable bonds is 7. The third kappa shape index (κ3) is 3.95. The summed E-state index contributed by atoms with van der Waals surface area (Å²) in [6, 6.07) is 11.2. The summed E-state index contributed by atoms with van der Waals surface area (Å²) < 4.78 is 28.3. The minimum Gasteiger partial charge on any atom is -0.319 e. The number of pyridine rings is 1. The van der Waals surface area contributed by atoms with Crippen molar-refractivity contribution in [2.45, 2.75) is 18.7 Å². The number of hydrogen-bond acceptors (Lipinski definition) is 5. The molecule has 0 saturated heterocycles. The molecule has 0 unspecified atom stereocenters. The van der Waals surface area contributed by atoms with Gasteiger partial charge in [0.25, 0.3) is 5.91 Å². The predicted molar refractivity (Wildman–Crippen MR) is 106 cm³/mol. The third-order valence-electron chi connectivity index (χ3n) is 4.20. The second kappa shape index (κ2) is 8.32. The molecule has 0 atom stereocenters. The largest absolute Gasteiger partial charge is 0.319 e. The summed E-state index contributed by atoms with van der Waals surface area (Å²) in [5, 5.41) is 6.91. The number of hydrogen-bond donors (Lipinski definition) is 1. The highest BCUT2D eigenvalue weighted by Crippen LogP contribution is 2.20. The summed E-state index contributed by atoms with van der Waals surface area (Å²) in [6.45, 7) is 4.27. The molecule has 2 aromatic heterocycles. The van der Waals surface area contributed by atoms with E-state index in [-0.39, 0.29) is 10.5 Å². The number of carbonyl (C=O) groups excluding carboxylic acids is 1. The van der Waals surface area contributed by atoms with Crippen LogP contribution in [0.15, 0.2) is 66.0 Å². The highest BCUT2D eigenvalue weighted by molar-refractivity contribution is 7.89. The van der Waals surface area contributed by atoms with E-state index in [1.54, 1.807) is 62.8 Å². The van der Waals surface area contributed by atoms with E-state index >= 15 is 0 Å². The molecule has 9 heteroatoms. The fourth-order valence-electron chi connectivity index (χ4n) is 2.78. The van der Waals surface area contributed by atoms with Crippen molar-refractivity contribution < 1.29 is 13.2 Å². The van der Waals surface area contributed by atoms with Gasteiger partial charge in [-0.1, -0.05) is 19.9 Å². The number of benzene rings is 1. The molecule has 0 aliphatic carbocycles. The lowest BCUT2D eigenvalue weighted by atomic mass is 10.2. The summed E-state index contributed by atoms with van der Waals surface area (Å²) in [5.74, 6) is 0.0331. The van der Waals surface area contributed by atoms with Gasteiger partial charge >= 0.3 is 0 Å². The summed E-state index contributed by atoms with van der Waals surface area (Å²) >= 11 is 0. The second-order valence-corrected chi connectivity index (χ2v) is 7.83. The number of aromatic nitrogens is 3. The predicted octanol–water partition coefficient (Wildman–Crippen LogP) is 2.55. The monoisotopic (exact) mass is 399 g/mol. The topological polar surface area (TPSA) is 97.2 Å². The zero-order valence-electron chi connectivity index (χ0n) is 15.6. The lowest BCUT2D eigenvalue weighted by Crippen LogP contribution is -2.30. The molecule has 0 saturated carbocycles. The molecule has 0 radical (unpaired) electrons. The molecule has 3 rings (SSSR count). The molecule has 0 aliphatic rings. The maximum absolute atomic E-state index is 12.7. The first-order valence-corrected chi connectivity index (χ1v) is 10.3. The number of nitrogens with zero attached hydrogens (tertiary/aromatic N) is 4. The molecule has 8 nitrogen and oxygen atoms in total. The van der Waals surface area contributed by atoms with E-state index in [1.807, 2.05) is 0 Å². The van der Waals surface area contributed by atoms with Gasteiger partial charge in [0.2, 0.25) is 10.0 Å². The van der Waals surface area contributed by atoms with E-state index in [1.165, 1.54) is 21.1 Å². The Bertz CT molecular complexity index is 1060. The van der Waals surface area contributed by atoms with Gasteiger partial charge in [-0.05, 0) is 36.4 Å². The van der Waals surface area contributed by atoms with Gasteiger partial charge in [0.15, 0.2) is 5.82 Å². The molecule has 0 bridgehead atoms. The lowest BCUT2D eigenvalue weighted by molar-refractivity contribution is 0.102. The molecule has 146 valence electrons. The van der Waals surface area contributed by atoms with Gasteiger partial charge in [0.1, 0.15) is 0 Å². The average Bonchev–Trinajstić information content (AvgIpc) is 3.24. The Morgan fingerprint density at radius 1 is 1.11 bits per heavy atom. The van der Waals surface area contributed by atoms with Crippen LogP contribution in [-0.2, 0) is 10.0 Å². The zero-order valence-corrected chi connectivity index (χ0v) is 16.4. The molecule has 1 N–H and O–H groups in total. The van der Waals surface area contributed by atoms with E-state index in [2.05, 4.69) is 15.4 Å². The smallest absolute Gasteiger partial charge is 0.255 e. The molecule has 0 aliphatic heterocycles. The fourth-order valence-corrected chi connectivity index (χ4v) is 4.28.